The van der Waals surface area contributed by atoms with E-state index in [1.54, 1.807) is 0 Å². The summed E-state index contributed by atoms with van der Waals surface area (Å²) in [5.41, 5.74) is -0.750. The van der Waals surface area contributed by atoms with Crippen molar-refractivity contribution in [2.24, 2.45) is 5.92 Å². The lowest BCUT2D eigenvalue weighted by Crippen LogP contribution is -2.58. The number of hydroxylamine groups is 2. The van der Waals surface area contributed by atoms with Gasteiger partial charge in [-0.3, -0.25) is 4.79 Å². The maximum Gasteiger partial charge on any atom is 0.293 e. The molecule has 1 aliphatic heterocycles. The highest BCUT2D eigenvalue weighted by Crippen LogP contribution is 2.40. The summed E-state index contributed by atoms with van der Waals surface area (Å²) in [6.45, 7) is 9.00. The number of rotatable bonds is 6. The zero-order valence-corrected chi connectivity index (χ0v) is 14.7. The molecule has 1 saturated carbocycles. The van der Waals surface area contributed by atoms with Crippen molar-refractivity contribution in [1.29, 1.82) is 0 Å². The molecule has 0 N–H and O–H groups in total. The van der Waals surface area contributed by atoms with Crippen molar-refractivity contribution in [1.82, 2.24) is 5.06 Å². The third-order valence-electron chi connectivity index (χ3n) is 5.05. The third kappa shape index (κ3) is 4.89. The fraction of sp³-hybridized carbons (Fsp3) is 0.941. The highest BCUT2D eigenvalue weighted by atomic mass is 17.2. The average Bonchev–Trinajstić information content (AvgIpc) is 2.46. The molecule has 6 nitrogen and oxygen atoms in total. The molecule has 1 heterocycles. The van der Waals surface area contributed by atoms with Crippen LogP contribution in [0.5, 0.6) is 0 Å². The molecule has 0 aromatic carbocycles. The van der Waals surface area contributed by atoms with Crippen molar-refractivity contribution in [3.05, 3.63) is 0 Å². The molecule has 0 atom stereocenters. The molecule has 1 aliphatic carbocycles. The zero-order chi connectivity index (χ0) is 17.1. The quantitative estimate of drug-likeness (QED) is 0.426. The van der Waals surface area contributed by atoms with Gasteiger partial charge in [0.05, 0.1) is 12.7 Å². The summed E-state index contributed by atoms with van der Waals surface area (Å²) < 4.78 is 4.98. The lowest BCUT2D eigenvalue weighted by molar-refractivity contribution is -0.347. The van der Waals surface area contributed by atoms with E-state index < -0.39 is 0 Å². The predicted octanol–water partition coefficient (Wildman–Crippen LogP) is 3.03. The van der Waals surface area contributed by atoms with Gasteiger partial charge in [0, 0.05) is 11.1 Å². The van der Waals surface area contributed by atoms with Gasteiger partial charge in [-0.1, -0.05) is 0 Å². The van der Waals surface area contributed by atoms with Crippen LogP contribution in [0.25, 0.3) is 0 Å². The Hall–Kier alpha value is -0.690. The van der Waals surface area contributed by atoms with Crippen LogP contribution in [0.15, 0.2) is 0 Å². The van der Waals surface area contributed by atoms with Crippen LogP contribution in [0, 0.1) is 5.92 Å². The Labute approximate surface area is 139 Å². The summed E-state index contributed by atoms with van der Waals surface area (Å²) in [4.78, 5) is 21.4. The monoisotopic (exact) mass is 328 g/mol. The van der Waals surface area contributed by atoms with Gasteiger partial charge in [0.15, 0.2) is 0 Å². The van der Waals surface area contributed by atoms with Crippen LogP contribution in [-0.2, 0) is 24.5 Å². The highest BCUT2D eigenvalue weighted by Gasteiger charge is 2.46. The van der Waals surface area contributed by atoms with E-state index in [4.69, 9.17) is 14.5 Å². The van der Waals surface area contributed by atoms with E-state index in [-0.39, 0.29) is 23.3 Å². The second-order valence-electron chi connectivity index (χ2n) is 8.21. The molecule has 0 bridgehead atoms. The van der Waals surface area contributed by atoms with Crippen LogP contribution in [0.1, 0.15) is 66.2 Å². The summed E-state index contributed by atoms with van der Waals surface area (Å²) in [6, 6.07) is 0. The van der Waals surface area contributed by atoms with Gasteiger partial charge in [-0.2, -0.15) is 0 Å². The Morgan fingerprint density at radius 1 is 1.00 bits per heavy atom. The number of ether oxygens (including phenoxy) is 1. The molecule has 0 spiro atoms. The van der Waals surface area contributed by atoms with Gasteiger partial charge in [-0.15, -0.1) is 10.3 Å². The lowest BCUT2D eigenvalue weighted by Gasteiger charge is -2.49. The van der Waals surface area contributed by atoms with Gasteiger partial charge < -0.3 is 4.74 Å². The molecule has 6 heteroatoms. The lowest BCUT2D eigenvalue weighted by atomic mass is 9.76. The van der Waals surface area contributed by atoms with E-state index in [1.807, 2.05) is 27.7 Å². The summed E-state index contributed by atoms with van der Waals surface area (Å²) in [5, 5.41) is 13.6. The molecule has 1 radical (unpaired) electrons. The van der Waals surface area contributed by atoms with Gasteiger partial charge in [0.1, 0.15) is 6.10 Å². The Morgan fingerprint density at radius 2 is 1.52 bits per heavy atom. The average molecular weight is 328 g/mol. The minimum atomic E-state index is -0.375. The maximum absolute atomic E-state index is 12.3. The Morgan fingerprint density at radius 3 is 2.04 bits per heavy atom. The maximum atomic E-state index is 12.3. The first-order valence-corrected chi connectivity index (χ1v) is 8.59. The first-order chi connectivity index (χ1) is 10.7. The van der Waals surface area contributed by atoms with Crippen molar-refractivity contribution in [2.45, 2.75) is 89.5 Å². The summed E-state index contributed by atoms with van der Waals surface area (Å²) in [5.74, 6) is 0.319. The molecular weight excluding hydrogens is 298 g/mol. The van der Waals surface area contributed by atoms with Crippen molar-refractivity contribution < 1.29 is 24.5 Å². The number of carbonyl (C=O) groups excluding carboxylic acids is 1. The minimum Gasteiger partial charge on any atom is -0.465 e. The fourth-order valence-electron chi connectivity index (χ4n) is 4.16. The van der Waals surface area contributed by atoms with Crippen molar-refractivity contribution >= 4 is 6.47 Å². The molecule has 2 fully saturated rings. The van der Waals surface area contributed by atoms with Crippen LogP contribution in [-0.4, -0.2) is 41.4 Å². The number of hydrogen-bond donors (Lipinski definition) is 0. The number of hydrogen-bond acceptors (Lipinski definition) is 5. The number of piperidine rings is 1. The smallest absolute Gasteiger partial charge is 0.293 e. The Balaban J connectivity index is 1.71. The van der Waals surface area contributed by atoms with E-state index in [1.165, 1.54) is 5.06 Å². The molecule has 0 unspecified atom stereocenters. The molecule has 2 aliphatic rings. The molecule has 0 aromatic heterocycles. The van der Waals surface area contributed by atoms with Gasteiger partial charge in [-0.25, -0.2) is 9.78 Å². The van der Waals surface area contributed by atoms with Crippen LogP contribution in [0.3, 0.4) is 0 Å². The van der Waals surface area contributed by atoms with Crippen molar-refractivity contribution in [2.75, 3.05) is 6.61 Å². The van der Waals surface area contributed by atoms with E-state index >= 15 is 0 Å². The van der Waals surface area contributed by atoms with Crippen LogP contribution >= 0.6 is 0 Å². The summed E-state index contributed by atoms with van der Waals surface area (Å²) in [7, 11) is 0. The molecule has 133 valence electrons. The third-order valence-corrected chi connectivity index (χ3v) is 5.05. The molecule has 0 aromatic rings. The van der Waals surface area contributed by atoms with Gasteiger partial charge in [0.25, 0.3) is 6.47 Å². The molecule has 0 amide bonds. The largest absolute Gasteiger partial charge is 0.465 e. The van der Waals surface area contributed by atoms with Crippen LogP contribution in [0.4, 0.5) is 0 Å². The molecular formula is C17H30NO5. The van der Waals surface area contributed by atoms with E-state index in [0.717, 1.165) is 38.5 Å². The SMILES string of the molecule is CC1(C)CC(COOC2CCC(OC=O)CC2)CC(C)(C)N1[O]. The summed E-state index contributed by atoms with van der Waals surface area (Å²) >= 11 is 0. The number of nitrogens with zero attached hydrogens (tertiary/aromatic N) is 1. The van der Waals surface area contributed by atoms with E-state index in [0.29, 0.717) is 19.0 Å². The van der Waals surface area contributed by atoms with Crippen LogP contribution < -0.4 is 0 Å². The minimum absolute atomic E-state index is 0.0235. The topological polar surface area (TPSA) is 67.9 Å². The van der Waals surface area contributed by atoms with Crippen molar-refractivity contribution in [3.63, 3.8) is 0 Å². The van der Waals surface area contributed by atoms with Crippen molar-refractivity contribution in [3.8, 4) is 0 Å². The highest BCUT2D eigenvalue weighted by molar-refractivity contribution is 5.37. The number of carbonyl (C=O) groups is 1. The van der Waals surface area contributed by atoms with E-state index in [9.17, 15) is 10.0 Å². The molecule has 2 rings (SSSR count). The van der Waals surface area contributed by atoms with Gasteiger partial charge in [0.2, 0.25) is 0 Å². The normalized spacial score (nSPS) is 31.7. The van der Waals surface area contributed by atoms with E-state index in [2.05, 4.69) is 0 Å². The zero-order valence-electron chi connectivity index (χ0n) is 14.7. The van der Waals surface area contributed by atoms with Crippen LogP contribution in [0.2, 0.25) is 0 Å². The first kappa shape index (κ1) is 18.6. The standard InChI is InChI=1S/C17H30NO5/c1-16(2)9-13(10-17(3,4)18(16)20)11-22-23-15-7-5-14(6-8-15)21-12-19/h12-15H,5-11H2,1-4H3. The second kappa shape index (κ2) is 7.47. The molecule has 1 saturated heterocycles. The Bertz CT molecular complexity index is 372. The summed E-state index contributed by atoms with van der Waals surface area (Å²) in [6.07, 6.45) is 5.04. The van der Waals surface area contributed by atoms with Gasteiger partial charge >= 0.3 is 0 Å². The Kier molecular flexibility index (Phi) is 6.05. The second-order valence-corrected chi connectivity index (χ2v) is 8.21. The predicted molar refractivity (Wildman–Crippen MR) is 83.6 cm³/mol. The first-order valence-electron chi connectivity index (χ1n) is 8.59. The molecule has 23 heavy (non-hydrogen) atoms. The van der Waals surface area contributed by atoms with Gasteiger partial charge in [-0.05, 0) is 72.1 Å². The fourth-order valence-corrected chi connectivity index (χ4v) is 4.16.